The lowest BCUT2D eigenvalue weighted by Crippen LogP contribution is -2.24. The van der Waals surface area contributed by atoms with Crippen LogP contribution in [-0.2, 0) is 0 Å². The third-order valence-electron chi connectivity index (χ3n) is 3.09. The molecule has 3 heteroatoms. The first-order valence-electron chi connectivity index (χ1n) is 6.75. The van der Waals surface area contributed by atoms with Gasteiger partial charge < -0.3 is 10.2 Å². The summed E-state index contributed by atoms with van der Waals surface area (Å²) in [6.07, 6.45) is 6.08. The van der Waals surface area contributed by atoms with Gasteiger partial charge in [-0.05, 0) is 32.0 Å². The van der Waals surface area contributed by atoms with Crippen molar-refractivity contribution in [3.05, 3.63) is 36.7 Å². The normalized spacial score (nSPS) is 12.2. The van der Waals surface area contributed by atoms with Gasteiger partial charge in [-0.1, -0.05) is 19.9 Å². The Morgan fingerprint density at radius 3 is 2.67 bits per heavy atom. The number of hydrogen-bond acceptors (Lipinski definition) is 3. The van der Waals surface area contributed by atoms with E-state index in [1.807, 2.05) is 19.3 Å². The maximum atomic E-state index is 4.57. The number of nitrogens with zero attached hydrogens (tertiary/aromatic N) is 2. The van der Waals surface area contributed by atoms with Gasteiger partial charge in [-0.25, -0.2) is 0 Å². The number of nitrogens with one attached hydrogen (secondary N) is 1. The lowest BCUT2D eigenvalue weighted by molar-refractivity contribution is 0.561. The Balaban J connectivity index is 2.82. The molecule has 1 rings (SSSR count). The van der Waals surface area contributed by atoms with Gasteiger partial charge in [0.05, 0.1) is 17.6 Å². The molecule has 0 radical (unpaired) electrons. The Morgan fingerprint density at radius 1 is 1.44 bits per heavy atom. The third kappa shape index (κ3) is 3.84. The Bertz CT molecular complexity index is 341. The van der Waals surface area contributed by atoms with E-state index < -0.39 is 0 Å². The van der Waals surface area contributed by atoms with Crippen molar-refractivity contribution in [3.8, 4) is 0 Å². The summed E-state index contributed by atoms with van der Waals surface area (Å²) in [5, 5.41) is 3.27. The Kier molecular flexibility index (Phi) is 6.44. The largest absolute Gasteiger partial charge is 0.367 e. The van der Waals surface area contributed by atoms with Crippen molar-refractivity contribution in [3.63, 3.8) is 0 Å². The fourth-order valence-electron chi connectivity index (χ4n) is 2.10. The first-order chi connectivity index (χ1) is 8.76. The summed E-state index contributed by atoms with van der Waals surface area (Å²) >= 11 is 0. The Labute approximate surface area is 111 Å². The van der Waals surface area contributed by atoms with Crippen LogP contribution in [0.5, 0.6) is 0 Å². The van der Waals surface area contributed by atoms with E-state index in [1.165, 1.54) is 5.69 Å². The molecule has 0 saturated heterocycles. The molecule has 0 saturated carbocycles. The highest BCUT2D eigenvalue weighted by Gasteiger charge is 2.09. The molecule has 18 heavy (non-hydrogen) atoms. The van der Waals surface area contributed by atoms with Crippen molar-refractivity contribution < 1.29 is 0 Å². The molecular weight excluding hydrogens is 222 g/mol. The van der Waals surface area contributed by atoms with E-state index in [2.05, 4.69) is 47.8 Å². The molecule has 0 fully saturated rings. The van der Waals surface area contributed by atoms with Gasteiger partial charge in [0, 0.05) is 19.1 Å². The average Bonchev–Trinajstić information content (AvgIpc) is 2.41. The monoisotopic (exact) mass is 247 g/mol. The van der Waals surface area contributed by atoms with E-state index in [0.29, 0.717) is 6.04 Å². The lowest BCUT2D eigenvalue weighted by Gasteiger charge is -2.23. The van der Waals surface area contributed by atoms with Crippen LogP contribution in [0.3, 0.4) is 0 Å². The second-order valence-electron chi connectivity index (χ2n) is 4.43. The van der Waals surface area contributed by atoms with Crippen LogP contribution in [0.2, 0.25) is 0 Å². The number of hydrogen-bond donors (Lipinski definition) is 1. The van der Waals surface area contributed by atoms with E-state index >= 15 is 0 Å². The van der Waals surface area contributed by atoms with Gasteiger partial charge >= 0.3 is 0 Å². The second-order valence-corrected chi connectivity index (χ2v) is 4.43. The number of anilines is 1. The van der Waals surface area contributed by atoms with Crippen LogP contribution in [0.15, 0.2) is 31.0 Å². The molecule has 0 aliphatic heterocycles. The molecule has 1 aromatic heterocycles. The highest BCUT2D eigenvalue weighted by Crippen LogP contribution is 2.18. The first kappa shape index (κ1) is 14.7. The predicted octanol–water partition coefficient (Wildman–Crippen LogP) is 3.15. The van der Waals surface area contributed by atoms with Crippen LogP contribution in [0.25, 0.3) is 0 Å². The van der Waals surface area contributed by atoms with Crippen LogP contribution in [-0.4, -0.2) is 25.1 Å². The molecule has 3 nitrogen and oxygen atoms in total. The summed E-state index contributed by atoms with van der Waals surface area (Å²) in [6.45, 7) is 10.1. The van der Waals surface area contributed by atoms with E-state index in [4.69, 9.17) is 0 Å². The zero-order valence-corrected chi connectivity index (χ0v) is 11.8. The summed E-state index contributed by atoms with van der Waals surface area (Å²) < 4.78 is 0. The van der Waals surface area contributed by atoms with Gasteiger partial charge in [-0.2, -0.15) is 0 Å². The van der Waals surface area contributed by atoms with E-state index in [0.717, 1.165) is 31.6 Å². The number of aromatic nitrogens is 1. The lowest BCUT2D eigenvalue weighted by atomic mass is 10.1. The molecule has 1 aromatic rings. The summed E-state index contributed by atoms with van der Waals surface area (Å²) in [4.78, 5) is 6.86. The molecule has 0 spiro atoms. The fraction of sp³-hybridized carbons (Fsp3) is 0.533. The van der Waals surface area contributed by atoms with Crippen LogP contribution < -0.4 is 10.2 Å². The smallest absolute Gasteiger partial charge is 0.0574 e. The zero-order valence-electron chi connectivity index (χ0n) is 11.8. The minimum absolute atomic E-state index is 0.345. The molecule has 0 aliphatic carbocycles. The molecule has 100 valence electrons. The second kappa shape index (κ2) is 7.88. The maximum Gasteiger partial charge on any atom is 0.0574 e. The van der Waals surface area contributed by atoms with Crippen molar-refractivity contribution in [1.29, 1.82) is 0 Å². The average molecular weight is 247 g/mol. The molecule has 1 N–H and O–H groups in total. The van der Waals surface area contributed by atoms with Crippen LogP contribution >= 0.6 is 0 Å². The van der Waals surface area contributed by atoms with Crippen molar-refractivity contribution in [1.82, 2.24) is 10.3 Å². The van der Waals surface area contributed by atoms with Crippen LogP contribution in [0.1, 0.15) is 38.4 Å². The topological polar surface area (TPSA) is 28.2 Å². The van der Waals surface area contributed by atoms with E-state index in [-0.39, 0.29) is 0 Å². The zero-order chi connectivity index (χ0) is 13.4. The third-order valence-corrected chi connectivity index (χ3v) is 3.09. The van der Waals surface area contributed by atoms with Gasteiger partial charge in [0.1, 0.15) is 0 Å². The predicted molar refractivity (Wildman–Crippen MR) is 79.0 cm³/mol. The molecule has 1 atom stereocenters. The quantitative estimate of drug-likeness (QED) is 0.715. The highest BCUT2D eigenvalue weighted by atomic mass is 15.1. The van der Waals surface area contributed by atoms with Gasteiger partial charge in [0.15, 0.2) is 0 Å². The minimum atomic E-state index is 0.345. The number of pyridine rings is 1. The first-order valence-corrected chi connectivity index (χ1v) is 6.75. The summed E-state index contributed by atoms with van der Waals surface area (Å²) in [5.74, 6) is 0. The molecule has 0 bridgehead atoms. The van der Waals surface area contributed by atoms with Crippen molar-refractivity contribution >= 4 is 5.69 Å². The van der Waals surface area contributed by atoms with Gasteiger partial charge in [-0.3, -0.25) is 4.98 Å². The highest BCUT2D eigenvalue weighted by molar-refractivity contribution is 5.45. The van der Waals surface area contributed by atoms with Gasteiger partial charge in [0.2, 0.25) is 0 Å². The summed E-state index contributed by atoms with van der Waals surface area (Å²) in [5.41, 5.74) is 2.28. The molecule has 0 aromatic carbocycles. The molecular formula is C15H25N3. The molecule has 0 aliphatic rings. The van der Waals surface area contributed by atoms with Crippen LogP contribution in [0, 0.1) is 0 Å². The van der Waals surface area contributed by atoms with Crippen molar-refractivity contribution in [2.24, 2.45) is 0 Å². The molecule has 1 heterocycles. The minimum Gasteiger partial charge on any atom is -0.367 e. The molecule has 1 unspecified atom stereocenters. The van der Waals surface area contributed by atoms with Crippen LogP contribution in [0.4, 0.5) is 5.69 Å². The van der Waals surface area contributed by atoms with Gasteiger partial charge in [0.25, 0.3) is 0 Å². The molecule has 0 amide bonds. The van der Waals surface area contributed by atoms with Crippen molar-refractivity contribution in [2.75, 3.05) is 25.0 Å². The van der Waals surface area contributed by atoms with Crippen molar-refractivity contribution in [2.45, 2.75) is 32.7 Å². The maximum absolute atomic E-state index is 4.57. The fourth-order valence-corrected chi connectivity index (χ4v) is 2.10. The van der Waals surface area contributed by atoms with Gasteiger partial charge in [-0.15, -0.1) is 6.58 Å². The summed E-state index contributed by atoms with van der Waals surface area (Å²) in [6, 6.07) is 4.62. The SMILES string of the molecule is C=CCN(CCC)c1ccc(C(CC)NC)nc1. The van der Waals surface area contributed by atoms with E-state index in [1.54, 1.807) is 0 Å². The Hall–Kier alpha value is -1.35. The Morgan fingerprint density at radius 2 is 2.22 bits per heavy atom. The van der Waals surface area contributed by atoms with E-state index in [9.17, 15) is 0 Å². The summed E-state index contributed by atoms with van der Waals surface area (Å²) in [7, 11) is 1.98. The number of rotatable bonds is 8. The standard InChI is InChI=1S/C15H25N3/c1-5-10-18(11-6-2)13-8-9-15(17-12-13)14(7-3)16-4/h5,8-9,12,14,16H,1,6-7,10-11H2,2-4H3.